The average molecular weight is 553 g/mol. The topological polar surface area (TPSA) is 100 Å². The molecule has 0 unspecified atom stereocenters. The highest BCUT2D eigenvalue weighted by Gasteiger charge is 2.13. The van der Waals surface area contributed by atoms with Crippen LogP contribution < -0.4 is 14.9 Å². The summed E-state index contributed by atoms with van der Waals surface area (Å²) in [4.78, 5) is 11.8. The molecule has 0 atom stereocenters. The molecule has 2 aromatic rings. The van der Waals surface area contributed by atoms with Gasteiger partial charge >= 0.3 is 0 Å². The van der Waals surface area contributed by atoms with Crippen LogP contribution in [0.25, 0.3) is 0 Å². The predicted octanol–water partition coefficient (Wildman–Crippen LogP) is 3.92. The van der Waals surface area contributed by atoms with E-state index < -0.39 is 5.91 Å². The lowest BCUT2D eigenvalue weighted by molar-refractivity contribution is -0.123. The normalized spacial score (nSPS) is 10.8. The number of rotatable bonds is 6. The lowest BCUT2D eigenvalue weighted by Crippen LogP contribution is -2.24. The number of nitrogens with one attached hydrogen (secondary N) is 1. The van der Waals surface area contributed by atoms with E-state index in [1.54, 1.807) is 18.2 Å². The van der Waals surface area contributed by atoms with E-state index in [1.165, 1.54) is 19.4 Å². The van der Waals surface area contributed by atoms with E-state index in [0.717, 1.165) is 4.47 Å². The second-order valence-electron chi connectivity index (χ2n) is 4.84. The van der Waals surface area contributed by atoms with Gasteiger partial charge in [0.1, 0.15) is 16.0 Å². The van der Waals surface area contributed by atoms with Crippen molar-refractivity contribution in [3.8, 4) is 23.0 Å². The first-order valence-electron chi connectivity index (χ1n) is 7.01. The van der Waals surface area contributed by atoms with Gasteiger partial charge in [0.2, 0.25) is 0 Å². The van der Waals surface area contributed by atoms with Crippen LogP contribution in [0.4, 0.5) is 0 Å². The number of phenolic OH excluding ortho intramolecular Hbond substituents is 2. The van der Waals surface area contributed by atoms with E-state index in [1.807, 2.05) is 0 Å². The Morgan fingerprint density at radius 1 is 1.19 bits per heavy atom. The lowest BCUT2D eigenvalue weighted by Gasteiger charge is -2.10. The van der Waals surface area contributed by atoms with Crippen molar-refractivity contribution in [2.45, 2.75) is 0 Å². The van der Waals surface area contributed by atoms with Crippen LogP contribution in [0.2, 0.25) is 0 Å². The zero-order valence-electron chi connectivity index (χ0n) is 13.3. The minimum atomic E-state index is -0.498. The zero-order valence-corrected chi connectivity index (χ0v) is 18.1. The summed E-state index contributed by atoms with van der Waals surface area (Å²) in [6.07, 6.45) is 1.24. The fourth-order valence-electron chi connectivity index (χ4n) is 1.83. The smallest absolute Gasteiger partial charge is 0.277 e. The highest BCUT2D eigenvalue weighted by molar-refractivity contribution is 9.11. The Morgan fingerprint density at radius 2 is 1.92 bits per heavy atom. The van der Waals surface area contributed by atoms with Crippen molar-refractivity contribution < 1.29 is 24.5 Å². The molecule has 0 aromatic heterocycles. The van der Waals surface area contributed by atoms with Gasteiger partial charge in [-0.05, 0) is 56.1 Å². The summed E-state index contributed by atoms with van der Waals surface area (Å²) in [6.45, 7) is -0.274. The van der Waals surface area contributed by atoms with Crippen LogP contribution in [-0.2, 0) is 4.79 Å². The maximum Gasteiger partial charge on any atom is 0.277 e. The summed E-state index contributed by atoms with van der Waals surface area (Å²) >= 11 is 9.52. The first-order valence-corrected chi connectivity index (χ1v) is 9.39. The SMILES string of the molecule is COc1cc(Br)ccc1OCC(=O)N/N=C\c1cc(Br)c(O)c(Br)c1O. The number of methoxy groups -OCH3 is 1. The van der Waals surface area contributed by atoms with Gasteiger partial charge in [-0.2, -0.15) is 5.10 Å². The average Bonchev–Trinajstić information content (AvgIpc) is 2.62. The summed E-state index contributed by atoms with van der Waals surface area (Å²) in [5.74, 6) is 0.0564. The Hall–Kier alpha value is -1.78. The Morgan fingerprint density at radius 3 is 2.62 bits per heavy atom. The molecule has 0 aliphatic rings. The van der Waals surface area contributed by atoms with Crippen LogP contribution in [0, 0.1) is 0 Å². The molecule has 0 saturated carbocycles. The van der Waals surface area contributed by atoms with Crippen LogP contribution in [0.3, 0.4) is 0 Å². The first kappa shape index (κ1) is 20.5. The number of halogens is 3. The van der Waals surface area contributed by atoms with Crippen LogP contribution in [-0.4, -0.2) is 36.1 Å². The number of phenols is 2. The third kappa shape index (κ3) is 5.12. The molecule has 0 bridgehead atoms. The lowest BCUT2D eigenvalue weighted by atomic mass is 10.2. The fraction of sp³-hybridized carbons (Fsp3) is 0.125. The van der Waals surface area contributed by atoms with Crippen molar-refractivity contribution in [2.24, 2.45) is 5.10 Å². The number of aromatic hydroxyl groups is 2. The second-order valence-corrected chi connectivity index (χ2v) is 7.40. The van der Waals surface area contributed by atoms with E-state index in [0.29, 0.717) is 16.0 Å². The Balaban J connectivity index is 1.96. The quantitative estimate of drug-likeness (QED) is 0.372. The van der Waals surface area contributed by atoms with Gasteiger partial charge in [-0.25, -0.2) is 5.43 Å². The number of ether oxygens (including phenoxy) is 2. The number of hydrazone groups is 1. The molecule has 0 saturated heterocycles. The minimum Gasteiger partial charge on any atom is -0.506 e. The molecule has 0 aliphatic heterocycles. The van der Waals surface area contributed by atoms with Gasteiger partial charge in [0.25, 0.3) is 5.91 Å². The summed E-state index contributed by atoms with van der Waals surface area (Å²) < 4.78 is 11.9. The van der Waals surface area contributed by atoms with E-state index in [-0.39, 0.29) is 28.1 Å². The molecule has 1 amide bonds. The molecule has 0 aliphatic carbocycles. The standard InChI is InChI=1S/C16H13Br3N2O5/c1-25-12-5-9(17)2-3-11(12)26-7-13(22)21-20-6-8-4-10(18)16(24)14(19)15(8)23/h2-6,23-24H,7H2,1H3,(H,21,22)/b20-6-. The van der Waals surface area contributed by atoms with Crippen molar-refractivity contribution in [3.05, 3.63) is 43.2 Å². The maximum absolute atomic E-state index is 11.8. The molecule has 0 fully saturated rings. The van der Waals surface area contributed by atoms with Crippen molar-refractivity contribution in [3.63, 3.8) is 0 Å². The van der Waals surface area contributed by atoms with Crippen LogP contribution >= 0.6 is 47.8 Å². The zero-order chi connectivity index (χ0) is 19.3. The Bertz CT molecular complexity index is 858. The number of hydrogen-bond acceptors (Lipinski definition) is 6. The molecule has 3 N–H and O–H groups in total. The van der Waals surface area contributed by atoms with E-state index in [2.05, 4.69) is 58.3 Å². The molecular formula is C16H13Br3N2O5. The molecule has 0 heterocycles. The molecule has 0 spiro atoms. The summed E-state index contributed by atoms with van der Waals surface area (Å²) in [5, 5.41) is 23.3. The third-order valence-corrected chi connectivity index (χ3v) is 4.92. The van der Waals surface area contributed by atoms with Gasteiger partial charge in [-0.15, -0.1) is 0 Å². The van der Waals surface area contributed by atoms with Crippen LogP contribution in [0.1, 0.15) is 5.56 Å². The van der Waals surface area contributed by atoms with E-state index in [4.69, 9.17) is 9.47 Å². The molecule has 2 rings (SSSR count). The van der Waals surface area contributed by atoms with Gasteiger partial charge in [-0.1, -0.05) is 15.9 Å². The van der Waals surface area contributed by atoms with Crippen LogP contribution in [0.15, 0.2) is 42.8 Å². The molecule has 138 valence electrons. The Kier molecular flexibility index (Phi) is 7.30. The fourth-order valence-corrected chi connectivity index (χ4v) is 3.32. The van der Waals surface area contributed by atoms with Crippen molar-refractivity contribution >= 4 is 59.9 Å². The predicted molar refractivity (Wildman–Crippen MR) is 107 cm³/mol. The van der Waals surface area contributed by atoms with Gasteiger partial charge in [0.15, 0.2) is 18.1 Å². The number of hydrogen-bond donors (Lipinski definition) is 3. The molecule has 26 heavy (non-hydrogen) atoms. The number of carbonyl (C=O) groups excluding carboxylic acids is 1. The number of amides is 1. The monoisotopic (exact) mass is 550 g/mol. The maximum atomic E-state index is 11.8. The largest absolute Gasteiger partial charge is 0.506 e. The van der Waals surface area contributed by atoms with Gasteiger partial charge in [0.05, 0.1) is 17.8 Å². The van der Waals surface area contributed by atoms with Crippen molar-refractivity contribution in [1.29, 1.82) is 0 Å². The number of carbonyl (C=O) groups is 1. The van der Waals surface area contributed by atoms with Gasteiger partial charge in [-0.3, -0.25) is 4.79 Å². The first-order chi connectivity index (χ1) is 12.3. The Labute approximate surface area is 174 Å². The minimum absolute atomic E-state index is 0.116. The van der Waals surface area contributed by atoms with Crippen LogP contribution in [0.5, 0.6) is 23.0 Å². The summed E-state index contributed by atoms with van der Waals surface area (Å²) in [5.41, 5.74) is 2.57. The number of nitrogens with zero attached hydrogens (tertiary/aromatic N) is 1. The van der Waals surface area contributed by atoms with Gasteiger partial charge < -0.3 is 19.7 Å². The van der Waals surface area contributed by atoms with Crippen molar-refractivity contribution in [1.82, 2.24) is 5.43 Å². The molecular weight excluding hydrogens is 540 g/mol. The highest BCUT2D eigenvalue weighted by Crippen LogP contribution is 2.40. The molecule has 0 radical (unpaired) electrons. The van der Waals surface area contributed by atoms with E-state index in [9.17, 15) is 15.0 Å². The molecule has 2 aromatic carbocycles. The summed E-state index contributed by atoms with van der Waals surface area (Å²) in [7, 11) is 1.50. The molecule has 10 heteroatoms. The van der Waals surface area contributed by atoms with E-state index >= 15 is 0 Å². The number of benzene rings is 2. The van der Waals surface area contributed by atoms with Crippen molar-refractivity contribution in [2.75, 3.05) is 13.7 Å². The summed E-state index contributed by atoms with van der Waals surface area (Å²) in [6, 6.07) is 6.60. The molecule has 7 nitrogen and oxygen atoms in total. The second kappa shape index (κ2) is 9.24. The third-order valence-electron chi connectivity index (χ3n) is 3.08. The van der Waals surface area contributed by atoms with Gasteiger partial charge in [0, 0.05) is 10.0 Å². The highest BCUT2D eigenvalue weighted by atomic mass is 79.9.